The molecule has 2 heterocycles. The summed E-state index contributed by atoms with van der Waals surface area (Å²) in [5, 5.41) is 5.25. The van der Waals surface area contributed by atoms with Gasteiger partial charge >= 0.3 is 0 Å². The van der Waals surface area contributed by atoms with Crippen LogP contribution in [0.5, 0.6) is 11.5 Å². The summed E-state index contributed by atoms with van der Waals surface area (Å²) in [6, 6.07) is 11.0. The Labute approximate surface area is 184 Å². The highest BCUT2D eigenvalue weighted by molar-refractivity contribution is 7.14. The van der Waals surface area contributed by atoms with Gasteiger partial charge in [0.25, 0.3) is 5.91 Å². The number of rotatable bonds is 6. The summed E-state index contributed by atoms with van der Waals surface area (Å²) in [5.41, 5.74) is 4.29. The molecule has 0 unspecified atom stereocenters. The summed E-state index contributed by atoms with van der Waals surface area (Å²) in [7, 11) is 3.08. The van der Waals surface area contributed by atoms with Crippen LogP contribution in [0.4, 0.5) is 10.8 Å². The fraction of sp³-hybridized carbons (Fsp3) is 0.261. The van der Waals surface area contributed by atoms with E-state index in [9.17, 15) is 9.59 Å². The second kappa shape index (κ2) is 8.77. The predicted octanol–water partition coefficient (Wildman–Crippen LogP) is 4.38. The smallest absolute Gasteiger partial charge is 0.257 e. The number of hydrogen-bond donors (Lipinski definition) is 1. The van der Waals surface area contributed by atoms with Crippen LogP contribution in [0, 0.1) is 0 Å². The van der Waals surface area contributed by atoms with E-state index in [1.165, 1.54) is 25.6 Å². The molecular weight excluding hydrogens is 414 g/mol. The summed E-state index contributed by atoms with van der Waals surface area (Å²) in [6.45, 7) is 2.59. The summed E-state index contributed by atoms with van der Waals surface area (Å²) >= 11 is 1.36. The standard InChI is InChI=1S/C23H23N3O4S/c1-4-21(27)26-8-7-15-9-14(5-6-20(15)26)19-13-31-23(24-19)25-22(28)16-10-17(29-2)12-18(11-16)30-3/h5-6,9-13H,4,7-8H2,1-3H3,(H,24,25,28). The molecule has 0 saturated heterocycles. The fourth-order valence-electron chi connectivity index (χ4n) is 3.58. The van der Waals surface area contributed by atoms with Gasteiger partial charge in [0.1, 0.15) is 11.5 Å². The molecule has 0 fully saturated rings. The lowest BCUT2D eigenvalue weighted by Gasteiger charge is -2.16. The molecule has 0 spiro atoms. The molecule has 7 nitrogen and oxygen atoms in total. The van der Waals surface area contributed by atoms with Gasteiger partial charge in [-0.25, -0.2) is 4.98 Å². The number of methoxy groups -OCH3 is 2. The van der Waals surface area contributed by atoms with Crippen LogP contribution in [-0.2, 0) is 11.2 Å². The number of ether oxygens (including phenoxy) is 2. The average Bonchev–Trinajstić information content (AvgIpc) is 3.44. The van der Waals surface area contributed by atoms with Gasteiger partial charge in [0.15, 0.2) is 5.13 Å². The van der Waals surface area contributed by atoms with Crippen molar-refractivity contribution in [2.24, 2.45) is 0 Å². The number of aromatic nitrogens is 1. The molecule has 2 amide bonds. The Bertz CT molecular complexity index is 1120. The van der Waals surface area contributed by atoms with Crippen LogP contribution in [0.1, 0.15) is 29.3 Å². The SMILES string of the molecule is CCC(=O)N1CCc2cc(-c3csc(NC(=O)c4cc(OC)cc(OC)c4)n3)ccc21. The third-order valence-electron chi connectivity index (χ3n) is 5.21. The number of fused-ring (bicyclic) bond motifs is 1. The van der Waals surface area contributed by atoms with Crippen LogP contribution in [0.3, 0.4) is 0 Å². The summed E-state index contributed by atoms with van der Waals surface area (Å²) in [5.74, 6) is 0.927. The number of carbonyl (C=O) groups is 2. The van der Waals surface area contributed by atoms with Crippen molar-refractivity contribution in [3.05, 3.63) is 52.9 Å². The highest BCUT2D eigenvalue weighted by Gasteiger charge is 2.24. The molecule has 160 valence electrons. The van der Waals surface area contributed by atoms with E-state index >= 15 is 0 Å². The molecule has 0 bridgehead atoms. The van der Waals surface area contributed by atoms with Crippen LogP contribution in [-0.4, -0.2) is 37.6 Å². The molecule has 1 aliphatic rings. The first-order valence-electron chi connectivity index (χ1n) is 9.96. The van der Waals surface area contributed by atoms with E-state index in [0.717, 1.165) is 28.9 Å². The molecule has 1 N–H and O–H groups in total. The number of carbonyl (C=O) groups excluding carboxylic acids is 2. The van der Waals surface area contributed by atoms with Crippen molar-refractivity contribution >= 4 is 34.0 Å². The first-order valence-corrected chi connectivity index (χ1v) is 10.8. The fourth-order valence-corrected chi connectivity index (χ4v) is 4.30. The molecular formula is C23H23N3O4S. The Morgan fingerprint density at radius 2 is 1.87 bits per heavy atom. The third kappa shape index (κ3) is 4.25. The van der Waals surface area contributed by atoms with Crippen molar-refractivity contribution in [1.29, 1.82) is 0 Å². The van der Waals surface area contributed by atoms with Crippen LogP contribution in [0.25, 0.3) is 11.3 Å². The zero-order chi connectivity index (χ0) is 22.0. The van der Waals surface area contributed by atoms with Gasteiger partial charge in [0.2, 0.25) is 5.91 Å². The van der Waals surface area contributed by atoms with Crippen molar-refractivity contribution in [2.75, 3.05) is 31.0 Å². The van der Waals surface area contributed by atoms with E-state index in [0.29, 0.717) is 35.2 Å². The maximum atomic E-state index is 12.7. The Kier molecular flexibility index (Phi) is 5.90. The van der Waals surface area contributed by atoms with Gasteiger partial charge < -0.3 is 14.4 Å². The molecule has 0 atom stereocenters. The number of anilines is 2. The third-order valence-corrected chi connectivity index (χ3v) is 5.97. The minimum Gasteiger partial charge on any atom is -0.497 e. The van der Waals surface area contributed by atoms with Gasteiger partial charge in [-0.3, -0.25) is 14.9 Å². The van der Waals surface area contributed by atoms with Crippen LogP contribution >= 0.6 is 11.3 Å². The minimum absolute atomic E-state index is 0.138. The second-order valence-electron chi connectivity index (χ2n) is 7.09. The lowest BCUT2D eigenvalue weighted by molar-refractivity contribution is -0.118. The number of nitrogens with zero attached hydrogens (tertiary/aromatic N) is 2. The first-order chi connectivity index (χ1) is 15.0. The lowest BCUT2D eigenvalue weighted by atomic mass is 10.1. The van der Waals surface area contributed by atoms with Crippen molar-refractivity contribution in [3.63, 3.8) is 0 Å². The maximum Gasteiger partial charge on any atom is 0.257 e. The first kappa shape index (κ1) is 20.9. The second-order valence-corrected chi connectivity index (χ2v) is 7.94. The number of nitrogens with one attached hydrogen (secondary N) is 1. The Balaban J connectivity index is 1.52. The van der Waals surface area contributed by atoms with Gasteiger partial charge in [-0.15, -0.1) is 11.3 Å². The Morgan fingerprint density at radius 1 is 1.13 bits per heavy atom. The molecule has 1 aliphatic heterocycles. The van der Waals surface area contributed by atoms with Crippen LogP contribution in [0.2, 0.25) is 0 Å². The summed E-state index contributed by atoms with van der Waals surface area (Å²) in [6.07, 6.45) is 1.33. The number of amides is 2. The van der Waals surface area contributed by atoms with Crippen molar-refractivity contribution in [3.8, 4) is 22.8 Å². The average molecular weight is 438 g/mol. The molecule has 0 radical (unpaired) electrons. The zero-order valence-electron chi connectivity index (χ0n) is 17.6. The Hall–Kier alpha value is -3.39. The predicted molar refractivity (Wildman–Crippen MR) is 121 cm³/mol. The normalized spacial score (nSPS) is 12.4. The van der Waals surface area contributed by atoms with Gasteiger partial charge in [-0.1, -0.05) is 13.0 Å². The van der Waals surface area contributed by atoms with Crippen molar-refractivity contribution in [2.45, 2.75) is 19.8 Å². The van der Waals surface area contributed by atoms with Gasteiger partial charge in [-0.05, 0) is 36.2 Å². The van der Waals surface area contributed by atoms with Crippen LogP contribution < -0.4 is 19.7 Å². The van der Waals surface area contributed by atoms with E-state index in [4.69, 9.17) is 9.47 Å². The van der Waals surface area contributed by atoms with Crippen molar-refractivity contribution < 1.29 is 19.1 Å². The monoisotopic (exact) mass is 437 g/mol. The molecule has 8 heteroatoms. The van der Waals surface area contributed by atoms with Gasteiger partial charge in [-0.2, -0.15) is 0 Å². The number of benzene rings is 2. The van der Waals surface area contributed by atoms with E-state index in [1.807, 2.05) is 29.3 Å². The minimum atomic E-state index is -0.291. The quantitative estimate of drug-likeness (QED) is 0.619. The summed E-state index contributed by atoms with van der Waals surface area (Å²) < 4.78 is 10.5. The van der Waals surface area contributed by atoms with E-state index in [1.54, 1.807) is 18.2 Å². The molecule has 2 aromatic carbocycles. The molecule has 3 aromatic rings. The van der Waals surface area contributed by atoms with E-state index in [-0.39, 0.29) is 11.8 Å². The maximum absolute atomic E-state index is 12.7. The van der Waals surface area contributed by atoms with E-state index < -0.39 is 0 Å². The molecule has 0 saturated carbocycles. The Morgan fingerprint density at radius 3 is 2.55 bits per heavy atom. The molecule has 0 aliphatic carbocycles. The highest BCUT2D eigenvalue weighted by atomic mass is 32.1. The molecule has 4 rings (SSSR count). The zero-order valence-corrected chi connectivity index (χ0v) is 18.4. The highest BCUT2D eigenvalue weighted by Crippen LogP contribution is 2.34. The number of thiazole rings is 1. The lowest BCUT2D eigenvalue weighted by Crippen LogP contribution is -2.27. The molecule has 1 aromatic heterocycles. The molecule has 31 heavy (non-hydrogen) atoms. The largest absolute Gasteiger partial charge is 0.497 e. The van der Waals surface area contributed by atoms with Gasteiger partial charge in [0.05, 0.1) is 19.9 Å². The number of hydrogen-bond acceptors (Lipinski definition) is 6. The topological polar surface area (TPSA) is 80.8 Å². The van der Waals surface area contributed by atoms with Gasteiger partial charge in [0, 0.05) is 41.2 Å². The summed E-state index contributed by atoms with van der Waals surface area (Å²) in [4.78, 5) is 31.2. The van der Waals surface area contributed by atoms with Crippen LogP contribution in [0.15, 0.2) is 41.8 Å². The van der Waals surface area contributed by atoms with Crippen molar-refractivity contribution in [1.82, 2.24) is 4.98 Å². The van der Waals surface area contributed by atoms with E-state index in [2.05, 4.69) is 16.4 Å².